The monoisotopic (exact) mass is 999 g/mol. The molecule has 0 aliphatic rings. The summed E-state index contributed by atoms with van der Waals surface area (Å²) in [6, 6.07) is 12.3. The van der Waals surface area contributed by atoms with Gasteiger partial charge in [-0.05, 0) is 125 Å². The third kappa shape index (κ3) is 21.9. The van der Waals surface area contributed by atoms with E-state index in [-0.39, 0.29) is 89.3 Å². The van der Waals surface area contributed by atoms with Crippen LogP contribution in [0, 0.1) is 5.92 Å². The molecule has 0 heterocycles. The highest BCUT2D eigenvalue weighted by Gasteiger charge is 2.27. The number of ketones is 3. The number of ether oxygens (including phenoxy) is 3. The number of nitrogens with zero attached hydrogens (tertiary/aromatic N) is 3. The van der Waals surface area contributed by atoms with Gasteiger partial charge in [-0.1, -0.05) is 39.0 Å². The number of nitrogens with two attached hydrogens (primary N) is 4. The lowest BCUT2D eigenvalue weighted by atomic mass is 9.94. The van der Waals surface area contributed by atoms with Crippen molar-refractivity contribution >= 4 is 52.6 Å². The summed E-state index contributed by atoms with van der Waals surface area (Å²) in [5.74, 6) is -0.913. The molecule has 0 spiro atoms. The van der Waals surface area contributed by atoms with Crippen molar-refractivity contribution in [3.8, 4) is 17.2 Å². The number of amides is 3. The van der Waals surface area contributed by atoms with Gasteiger partial charge in [0, 0.05) is 44.8 Å². The summed E-state index contributed by atoms with van der Waals surface area (Å²) in [5, 5.41) is 8.84. The number of nitrogens with one attached hydrogen (secondary N) is 3. The van der Waals surface area contributed by atoms with Crippen molar-refractivity contribution in [2.75, 3.05) is 54.1 Å². The number of aliphatic imine (C=N–C) groups is 3. The van der Waals surface area contributed by atoms with Gasteiger partial charge in [0.25, 0.3) is 17.7 Å². The first kappa shape index (κ1) is 61.0. The molecule has 3 aromatic rings. The van der Waals surface area contributed by atoms with Crippen LogP contribution in [-0.2, 0) is 33.6 Å². The number of amidine groups is 3. The summed E-state index contributed by atoms with van der Waals surface area (Å²) < 4.78 is 16.3. The van der Waals surface area contributed by atoms with E-state index in [1.807, 2.05) is 6.92 Å². The second-order valence-corrected chi connectivity index (χ2v) is 17.3. The van der Waals surface area contributed by atoms with E-state index in [0.717, 1.165) is 13.1 Å². The average molecular weight is 999 g/mol. The van der Waals surface area contributed by atoms with E-state index >= 15 is 0 Å². The van der Waals surface area contributed by atoms with Crippen LogP contribution >= 0.6 is 0 Å². The van der Waals surface area contributed by atoms with E-state index in [2.05, 4.69) is 44.8 Å². The number of rotatable bonds is 31. The van der Waals surface area contributed by atoms with E-state index in [9.17, 15) is 28.8 Å². The molecule has 394 valence electrons. The highest BCUT2D eigenvalue weighted by molar-refractivity contribution is 6.02. The number of methoxy groups -OCH3 is 3. The van der Waals surface area contributed by atoms with Crippen molar-refractivity contribution in [2.24, 2.45) is 43.8 Å². The Morgan fingerprint density at radius 2 is 0.847 bits per heavy atom. The molecule has 72 heavy (non-hydrogen) atoms. The lowest BCUT2D eigenvalue weighted by Crippen LogP contribution is -2.42. The quantitative estimate of drug-likeness (QED) is 0.0266. The van der Waals surface area contributed by atoms with Gasteiger partial charge in [-0.2, -0.15) is 0 Å². The van der Waals surface area contributed by atoms with Gasteiger partial charge in [0.05, 0.1) is 67.6 Å². The summed E-state index contributed by atoms with van der Waals surface area (Å²) in [6.45, 7) is 14.4. The van der Waals surface area contributed by atoms with Gasteiger partial charge < -0.3 is 53.1 Å². The van der Waals surface area contributed by atoms with Crippen LogP contribution in [0.4, 0.5) is 0 Å². The van der Waals surface area contributed by atoms with E-state index < -0.39 is 29.8 Å². The first-order valence-electron chi connectivity index (χ1n) is 24.3. The van der Waals surface area contributed by atoms with Gasteiger partial charge in [0.1, 0.15) is 23.0 Å². The van der Waals surface area contributed by atoms with Crippen molar-refractivity contribution in [3.63, 3.8) is 0 Å². The molecule has 0 fully saturated rings. The Morgan fingerprint density at radius 1 is 0.514 bits per heavy atom. The van der Waals surface area contributed by atoms with Gasteiger partial charge in [0.15, 0.2) is 11.6 Å². The van der Waals surface area contributed by atoms with Crippen molar-refractivity contribution in [2.45, 2.75) is 111 Å². The van der Waals surface area contributed by atoms with E-state index in [4.69, 9.17) is 37.1 Å². The molecule has 3 rings (SSSR count). The Balaban J connectivity index is 0.00000337. The number of Topliss-reactive ketones (excluding diaryl/α,β-unsaturated/α-hetero) is 3. The predicted octanol–water partition coefficient (Wildman–Crippen LogP) is 4.47. The van der Waals surface area contributed by atoms with Crippen molar-refractivity contribution in [1.82, 2.24) is 16.0 Å². The highest BCUT2D eigenvalue weighted by Crippen LogP contribution is 2.25. The summed E-state index contributed by atoms with van der Waals surface area (Å²) in [6.07, 6.45) is 2.35. The van der Waals surface area contributed by atoms with Crippen LogP contribution in [0.3, 0.4) is 0 Å². The van der Waals surface area contributed by atoms with Crippen LogP contribution < -0.4 is 53.1 Å². The molecular formula is C53H78N10O9. The van der Waals surface area contributed by atoms with Crippen molar-refractivity contribution in [3.05, 3.63) is 88.0 Å². The normalized spacial score (nSPS) is 12.9. The number of hydrogen-bond acceptors (Lipinski definition) is 13. The topological polar surface area (TPSA) is 307 Å². The lowest BCUT2D eigenvalue weighted by Gasteiger charge is -2.20. The fourth-order valence-electron chi connectivity index (χ4n) is 7.43. The van der Waals surface area contributed by atoms with Crippen molar-refractivity contribution in [1.29, 1.82) is 0 Å². The molecule has 3 amide bonds. The number of carbonyl (C=O) groups excluding carboxylic acids is 6. The second kappa shape index (κ2) is 32.7. The molecule has 0 aliphatic heterocycles. The molecule has 19 heteroatoms. The first-order chi connectivity index (χ1) is 34.3. The lowest BCUT2D eigenvalue weighted by molar-refractivity contribution is -0.122. The SMILES string of the molecule is CCNCC.COc1ccc(CC(=O)[C@@H](CCCN=C(C)N)NC(=O)c2cc(CC(=O)[C@@H](CCCN=C(C)N)NC(=O)c3cc(CC(=O)[C@H](C)CCCN=C(C)N)ccc3OC)ccc2OC)cc1C(N)=O. The largest absolute Gasteiger partial charge is 0.496 e. The summed E-state index contributed by atoms with van der Waals surface area (Å²) >= 11 is 0. The van der Waals surface area contributed by atoms with Crippen LogP contribution in [0.25, 0.3) is 0 Å². The minimum atomic E-state index is -0.996. The number of hydrogen-bond donors (Lipinski definition) is 7. The minimum absolute atomic E-state index is 0.00415. The van der Waals surface area contributed by atoms with Gasteiger partial charge in [0.2, 0.25) is 0 Å². The molecule has 0 bridgehead atoms. The number of carbonyl (C=O) groups is 6. The molecule has 0 saturated heterocycles. The first-order valence-corrected chi connectivity index (χ1v) is 24.3. The molecular weight excluding hydrogens is 921 g/mol. The predicted molar refractivity (Wildman–Crippen MR) is 284 cm³/mol. The molecule has 3 aromatic carbocycles. The maximum Gasteiger partial charge on any atom is 0.255 e. The standard InChI is InChI=1S/C49H67N9O9.C4H11N/c1-29(11-8-20-54-30(2)50)41(59)26-34-15-18-45(66-6)37(24-34)48(63)58-40(13-10-22-56-32(4)52)43(61)28-35-16-19-46(67-7)38(25-35)49(64)57-39(12-9-21-55-31(3)51)42(60)27-33-14-17-44(65-5)36(23-33)47(53)62;1-3-5-4-2/h14-19,23-25,29,39-40H,8-13,20-22,26-28H2,1-7H3,(H2,50,54)(H2,51,55)(H2,52,56)(H2,53,62)(H,57,64)(H,58,63);5H,3-4H2,1-2H3/t29-,39-,40-;/m1./s1. The Kier molecular flexibility index (Phi) is 27.7. The minimum Gasteiger partial charge on any atom is -0.496 e. The molecule has 19 nitrogen and oxygen atoms in total. The maximum atomic E-state index is 14.2. The van der Waals surface area contributed by atoms with E-state index in [0.29, 0.717) is 79.5 Å². The fourth-order valence-corrected chi connectivity index (χ4v) is 7.43. The maximum absolute atomic E-state index is 14.2. The van der Waals surface area contributed by atoms with Gasteiger partial charge in [-0.25, -0.2) is 0 Å². The molecule has 0 aromatic heterocycles. The van der Waals surface area contributed by atoms with Gasteiger partial charge >= 0.3 is 0 Å². The zero-order chi connectivity index (χ0) is 53.8. The Bertz CT molecular complexity index is 2370. The van der Waals surface area contributed by atoms with E-state index in [1.54, 1.807) is 63.2 Å². The van der Waals surface area contributed by atoms with E-state index in [1.165, 1.54) is 33.5 Å². The molecule has 0 unspecified atom stereocenters. The van der Waals surface area contributed by atoms with Crippen LogP contribution in [0.15, 0.2) is 69.6 Å². The Morgan fingerprint density at radius 3 is 1.17 bits per heavy atom. The summed E-state index contributed by atoms with van der Waals surface area (Å²) in [5.41, 5.74) is 24.5. The molecule has 11 N–H and O–H groups in total. The number of primary amides is 1. The second-order valence-electron chi connectivity index (χ2n) is 17.3. The van der Waals surface area contributed by atoms with Gasteiger partial charge in [-0.15, -0.1) is 0 Å². The average Bonchev–Trinajstić information content (AvgIpc) is 3.34. The van der Waals surface area contributed by atoms with Crippen molar-refractivity contribution < 1.29 is 43.0 Å². The number of benzene rings is 3. The molecule has 3 atom stereocenters. The molecule has 0 aliphatic carbocycles. The fraction of sp³-hybridized carbons (Fsp3) is 0.491. The van der Waals surface area contributed by atoms with Crippen LogP contribution in [0.5, 0.6) is 17.2 Å². The molecule has 0 saturated carbocycles. The van der Waals surface area contributed by atoms with Crippen LogP contribution in [-0.4, -0.2) is 119 Å². The molecule has 0 radical (unpaired) electrons. The zero-order valence-electron chi connectivity index (χ0n) is 43.7. The Labute approximate surface area is 424 Å². The smallest absolute Gasteiger partial charge is 0.255 e. The van der Waals surface area contributed by atoms with Crippen LogP contribution in [0.2, 0.25) is 0 Å². The highest BCUT2D eigenvalue weighted by atomic mass is 16.5. The zero-order valence-corrected chi connectivity index (χ0v) is 43.7. The van der Waals surface area contributed by atoms with Crippen LogP contribution in [0.1, 0.15) is 128 Å². The van der Waals surface area contributed by atoms with Gasteiger partial charge in [-0.3, -0.25) is 43.7 Å². The third-order valence-corrected chi connectivity index (χ3v) is 11.3. The summed E-state index contributed by atoms with van der Waals surface area (Å²) in [4.78, 5) is 93.9. The summed E-state index contributed by atoms with van der Waals surface area (Å²) in [7, 11) is 4.22. The third-order valence-electron chi connectivity index (χ3n) is 11.3. The Hall–Kier alpha value is -7.15.